The first-order chi connectivity index (χ1) is 8.63. The van der Waals surface area contributed by atoms with Gasteiger partial charge in [0.1, 0.15) is 0 Å². The van der Waals surface area contributed by atoms with Crippen molar-refractivity contribution in [3.63, 3.8) is 0 Å². The fraction of sp³-hybridized carbons (Fsp3) is 0.500. The Balaban J connectivity index is 1.84. The van der Waals surface area contributed by atoms with Gasteiger partial charge in [-0.15, -0.1) is 0 Å². The number of anilines is 2. The lowest BCUT2D eigenvalue weighted by atomic mass is 10.1. The maximum absolute atomic E-state index is 12.1. The van der Waals surface area contributed by atoms with E-state index in [-0.39, 0.29) is 5.91 Å². The zero-order valence-corrected chi connectivity index (χ0v) is 10.7. The SMILES string of the molecule is CNCC1(CN2C(=O)Cc3cc(N)ccc32)CC1. The van der Waals surface area contributed by atoms with Crippen LogP contribution >= 0.6 is 0 Å². The third-order valence-electron chi connectivity index (χ3n) is 4.04. The molecule has 1 fully saturated rings. The lowest BCUT2D eigenvalue weighted by Crippen LogP contribution is -2.37. The first kappa shape index (κ1) is 11.5. The fourth-order valence-corrected chi connectivity index (χ4v) is 2.85. The highest BCUT2D eigenvalue weighted by Crippen LogP contribution is 2.47. The standard InChI is InChI=1S/C14H19N3O/c1-16-8-14(4-5-14)9-17-12-3-2-11(15)6-10(12)7-13(17)18/h2-3,6,16H,4-5,7-9,15H2,1H3. The van der Waals surface area contributed by atoms with Crippen LogP contribution in [0.1, 0.15) is 18.4 Å². The molecule has 0 atom stereocenters. The lowest BCUT2D eigenvalue weighted by molar-refractivity contribution is -0.117. The number of nitrogens with zero attached hydrogens (tertiary/aromatic N) is 1. The third kappa shape index (κ3) is 1.86. The Morgan fingerprint density at radius 1 is 1.44 bits per heavy atom. The molecule has 2 aliphatic rings. The number of carbonyl (C=O) groups excluding carboxylic acids is 1. The first-order valence-corrected chi connectivity index (χ1v) is 6.47. The molecule has 4 heteroatoms. The second-order valence-electron chi connectivity index (χ2n) is 5.58. The minimum absolute atomic E-state index is 0.206. The maximum Gasteiger partial charge on any atom is 0.231 e. The van der Waals surface area contributed by atoms with Crippen LogP contribution in [-0.2, 0) is 11.2 Å². The highest BCUT2D eigenvalue weighted by Gasteiger charge is 2.45. The fourth-order valence-electron chi connectivity index (χ4n) is 2.85. The molecule has 0 saturated heterocycles. The Hall–Kier alpha value is -1.55. The van der Waals surface area contributed by atoms with Crippen LogP contribution in [0.2, 0.25) is 0 Å². The van der Waals surface area contributed by atoms with Crippen LogP contribution in [0.5, 0.6) is 0 Å². The van der Waals surface area contributed by atoms with E-state index in [2.05, 4.69) is 5.32 Å². The van der Waals surface area contributed by atoms with Gasteiger partial charge in [0.25, 0.3) is 0 Å². The van der Waals surface area contributed by atoms with Crippen LogP contribution in [0.4, 0.5) is 11.4 Å². The zero-order chi connectivity index (χ0) is 12.8. The molecule has 1 aromatic carbocycles. The van der Waals surface area contributed by atoms with E-state index < -0.39 is 0 Å². The highest BCUT2D eigenvalue weighted by molar-refractivity contribution is 6.01. The molecule has 0 bridgehead atoms. The van der Waals surface area contributed by atoms with Gasteiger partial charge in [0.15, 0.2) is 0 Å². The molecule has 0 spiro atoms. The van der Waals surface area contributed by atoms with Crippen LogP contribution < -0.4 is 16.0 Å². The molecule has 18 heavy (non-hydrogen) atoms. The molecule has 1 aliphatic heterocycles. The van der Waals surface area contributed by atoms with E-state index >= 15 is 0 Å². The molecule has 0 radical (unpaired) electrons. The number of rotatable bonds is 4. The summed E-state index contributed by atoms with van der Waals surface area (Å²) >= 11 is 0. The van der Waals surface area contributed by atoms with E-state index in [1.54, 1.807) is 0 Å². The third-order valence-corrected chi connectivity index (χ3v) is 4.04. The van der Waals surface area contributed by atoms with E-state index in [0.717, 1.165) is 30.0 Å². The van der Waals surface area contributed by atoms with Crippen molar-refractivity contribution in [3.05, 3.63) is 23.8 Å². The summed E-state index contributed by atoms with van der Waals surface area (Å²) in [6, 6.07) is 5.78. The molecule has 4 nitrogen and oxygen atoms in total. The second-order valence-corrected chi connectivity index (χ2v) is 5.58. The van der Waals surface area contributed by atoms with Gasteiger partial charge in [0, 0.05) is 29.9 Å². The van der Waals surface area contributed by atoms with Gasteiger partial charge in [0.05, 0.1) is 6.42 Å². The van der Waals surface area contributed by atoms with Crippen LogP contribution in [0.3, 0.4) is 0 Å². The van der Waals surface area contributed by atoms with Crippen LogP contribution in [0, 0.1) is 5.41 Å². The number of nitrogens with one attached hydrogen (secondary N) is 1. The predicted molar refractivity (Wildman–Crippen MR) is 72.5 cm³/mol. The minimum Gasteiger partial charge on any atom is -0.399 e. The molecule has 3 N–H and O–H groups in total. The van der Waals surface area contributed by atoms with E-state index in [1.165, 1.54) is 12.8 Å². The van der Waals surface area contributed by atoms with Gasteiger partial charge in [-0.2, -0.15) is 0 Å². The summed E-state index contributed by atoms with van der Waals surface area (Å²) in [5, 5.41) is 3.23. The quantitative estimate of drug-likeness (QED) is 0.783. The maximum atomic E-state index is 12.1. The Morgan fingerprint density at radius 2 is 2.22 bits per heavy atom. The van der Waals surface area contributed by atoms with Crippen molar-refractivity contribution in [2.45, 2.75) is 19.3 Å². The number of benzene rings is 1. The molecule has 1 aliphatic carbocycles. The molecule has 0 aromatic heterocycles. The smallest absolute Gasteiger partial charge is 0.231 e. The van der Waals surface area contributed by atoms with E-state index in [1.807, 2.05) is 30.1 Å². The summed E-state index contributed by atoms with van der Waals surface area (Å²) < 4.78 is 0. The van der Waals surface area contributed by atoms with Crippen molar-refractivity contribution < 1.29 is 4.79 Å². The number of nitrogens with two attached hydrogens (primary N) is 1. The van der Waals surface area contributed by atoms with Gasteiger partial charge in [0.2, 0.25) is 5.91 Å². The Labute approximate surface area is 107 Å². The molecule has 1 aromatic rings. The van der Waals surface area contributed by atoms with Crippen molar-refractivity contribution >= 4 is 17.3 Å². The Kier molecular flexibility index (Phi) is 2.55. The van der Waals surface area contributed by atoms with Crippen molar-refractivity contribution in [1.29, 1.82) is 0 Å². The van der Waals surface area contributed by atoms with Gasteiger partial charge in [-0.05, 0) is 43.7 Å². The second kappa shape index (κ2) is 3.99. The predicted octanol–water partition coefficient (Wildman–Crippen LogP) is 1.16. The summed E-state index contributed by atoms with van der Waals surface area (Å²) in [6.07, 6.45) is 2.92. The molecule has 1 heterocycles. The summed E-state index contributed by atoms with van der Waals surface area (Å²) in [7, 11) is 1.97. The van der Waals surface area contributed by atoms with Gasteiger partial charge < -0.3 is 16.0 Å². The molecule has 3 rings (SSSR count). The van der Waals surface area contributed by atoms with E-state index in [4.69, 9.17) is 5.73 Å². The number of hydrogen-bond donors (Lipinski definition) is 2. The Bertz CT molecular complexity index is 494. The van der Waals surface area contributed by atoms with Gasteiger partial charge >= 0.3 is 0 Å². The van der Waals surface area contributed by atoms with Gasteiger partial charge in [-0.1, -0.05) is 0 Å². The molecule has 1 amide bonds. The van der Waals surface area contributed by atoms with Crippen molar-refractivity contribution in [1.82, 2.24) is 5.32 Å². The first-order valence-electron chi connectivity index (χ1n) is 6.47. The summed E-state index contributed by atoms with van der Waals surface area (Å²) in [4.78, 5) is 14.1. The molecule has 0 unspecified atom stereocenters. The summed E-state index contributed by atoms with van der Waals surface area (Å²) in [6.45, 7) is 1.82. The van der Waals surface area contributed by atoms with Crippen molar-refractivity contribution in [2.75, 3.05) is 30.8 Å². The van der Waals surface area contributed by atoms with E-state index in [9.17, 15) is 4.79 Å². The lowest BCUT2D eigenvalue weighted by Gasteiger charge is -2.24. The molecular weight excluding hydrogens is 226 g/mol. The average Bonchev–Trinajstić information content (AvgIpc) is 3.00. The topological polar surface area (TPSA) is 58.4 Å². The largest absolute Gasteiger partial charge is 0.399 e. The van der Waals surface area contributed by atoms with Gasteiger partial charge in [-0.25, -0.2) is 0 Å². The summed E-state index contributed by atoms with van der Waals surface area (Å²) in [5.41, 5.74) is 8.93. The molecular formula is C14H19N3O. The summed E-state index contributed by atoms with van der Waals surface area (Å²) in [5.74, 6) is 0.206. The number of hydrogen-bond acceptors (Lipinski definition) is 3. The van der Waals surface area contributed by atoms with Crippen molar-refractivity contribution in [3.8, 4) is 0 Å². The minimum atomic E-state index is 0.206. The van der Waals surface area contributed by atoms with Crippen molar-refractivity contribution in [2.24, 2.45) is 5.41 Å². The van der Waals surface area contributed by atoms with Crippen LogP contribution in [-0.4, -0.2) is 26.0 Å². The zero-order valence-electron chi connectivity index (χ0n) is 10.7. The molecule has 96 valence electrons. The average molecular weight is 245 g/mol. The number of amides is 1. The number of fused-ring (bicyclic) bond motifs is 1. The van der Waals surface area contributed by atoms with E-state index in [0.29, 0.717) is 11.8 Å². The number of carbonyl (C=O) groups is 1. The molecule has 1 saturated carbocycles. The van der Waals surface area contributed by atoms with Crippen LogP contribution in [0.15, 0.2) is 18.2 Å². The van der Waals surface area contributed by atoms with Crippen LogP contribution in [0.25, 0.3) is 0 Å². The monoisotopic (exact) mass is 245 g/mol. The normalized spacial score (nSPS) is 20.1. The van der Waals surface area contributed by atoms with Gasteiger partial charge in [-0.3, -0.25) is 4.79 Å². The highest BCUT2D eigenvalue weighted by atomic mass is 16.2. The Morgan fingerprint density at radius 3 is 2.89 bits per heavy atom. The number of nitrogen functional groups attached to an aromatic ring is 1.